The molecular weight excluding hydrogens is 160 g/mol. The van der Waals surface area contributed by atoms with Gasteiger partial charge in [-0.15, -0.1) is 0 Å². The highest BCUT2D eigenvalue weighted by atomic mass is 15.2. The van der Waals surface area contributed by atoms with Crippen LogP contribution in [0.5, 0.6) is 0 Å². The normalized spacial score (nSPS) is 14.2. The van der Waals surface area contributed by atoms with E-state index < -0.39 is 0 Å². The van der Waals surface area contributed by atoms with Gasteiger partial charge in [-0.05, 0) is 31.9 Å². The van der Waals surface area contributed by atoms with Crippen LogP contribution in [-0.4, -0.2) is 16.4 Å². The Morgan fingerprint density at radius 2 is 2.23 bits per heavy atom. The molecule has 0 spiro atoms. The molecule has 2 rings (SSSR count). The Labute approximate surface area is 78.9 Å². The van der Waals surface area contributed by atoms with Crippen LogP contribution >= 0.6 is 0 Å². The minimum atomic E-state index is 1.08. The molecule has 0 aliphatic carbocycles. The number of rotatable bonds is 4. The third-order valence-corrected chi connectivity index (χ3v) is 2.29. The molecular formula is C11H14N2. The summed E-state index contributed by atoms with van der Waals surface area (Å²) in [6, 6.07) is 6.09. The van der Waals surface area contributed by atoms with Crippen molar-refractivity contribution >= 4 is 0 Å². The van der Waals surface area contributed by atoms with Crippen molar-refractivity contribution in [2.45, 2.75) is 19.8 Å². The number of allylic oxidation sites excluding steroid dienone is 1. The van der Waals surface area contributed by atoms with Gasteiger partial charge in [0.1, 0.15) is 0 Å². The Morgan fingerprint density at radius 3 is 2.85 bits per heavy atom. The van der Waals surface area contributed by atoms with E-state index in [-0.39, 0.29) is 0 Å². The van der Waals surface area contributed by atoms with E-state index in [0.29, 0.717) is 0 Å². The van der Waals surface area contributed by atoms with E-state index in [2.05, 4.69) is 29.1 Å². The molecule has 0 bridgehead atoms. The Morgan fingerprint density at radius 1 is 1.38 bits per heavy atom. The SMILES string of the molecule is CC1=CN1CCCc1ccccn1. The zero-order valence-corrected chi connectivity index (χ0v) is 7.90. The Hall–Kier alpha value is -1.31. The second-order valence-corrected chi connectivity index (χ2v) is 3.39. The van der Waals surface area contributed by atoms with Crippen molar-refractivity contribution in [2.24, 2.45) is 0 Å². The van der Waals surface area contributed by atoms with Crippen LogP contribution in [0.2, 0.25) is 0 Å². The van der Waals surface area contributed by atoms with Gasteiger partial charge in [-0.2, -0.15) is 0 Å². The summed E-state index contributed by atoms with van der Waals surface area (Å²) in [5.41, 5.74) is 2.60. The van der Waals surface area contributed by atoms with Crippen molar-refractivity contribution in [2.75, 3.05) is 6.54 Å². The highest BCUT2D eigenvalue weighted by Crippen LogP contribution is 2.19. The third-order valence-electron chi connectivity index (χ3n) is 2.29. The third kappa shape index (κ3) is 2.31. The summed E-state index contributed by atoms with van der Waals surface area (Å²) in [5.74, 6) is 0. The molecule has 0 fully saturated rings. The van der Waals surface area contributed by atoms with Gasteiger partial charge in [0.2, 0.25) is 0 Å². The van der Waals surface area contributed by atoms with Crippen molar-refractivity contribution in [1.82, 2.24) is 9.88 Å². The van der Waals surface area contributed by atoms with Crippen molar-refractivity contribution in [3.8, 4) is 0 Å². The van der Waals surface area contributed by atoms with Gasteiger partial charge in [0.05, 0.1) is 0 Å². The maximum absolute atomic E-state index is 4.28. The molecule has 1 aliphatic rings. The quantitative estimate of drug-likeness (QED) is 0.695. The lowest BCUT2D eigenvalue weighted by Crippen LogP contribution is -2.02. The lowest BCUT2D eigenvalue weighted by molar-refractivity contribution is 0.548. The summed E-state index contributed by atoms with van der Waals surface area (Å²) in [7, 11) is 0. The van der Waals surface area contributed by atoms with E-state index in [1.807, 2.05) is 18.3 Å². The van der Waals surface area contributed by atoms with Gasteiger partial charge in [0, 0.05) is 30.3 Å². The van der Waals surface area contributed by atoms with Crippen LogP contribution in [0.1, 0.15) is 19.0 Å². The zero-order valence-electron chi connectivity index (χ0n) is 7.90. The molecule has 13 heavy (non-hydrogen) atoms. The monoisotopic (exact) mass is 174 g/mol. The van der Waals surface area contributed by atoms with E-state index in [1.165, 1.54) is 17.8 Å². The minimum Gasteiger partial charge on any atom is -0.349 e. The summed E-state index contributed by atoms with van der Waals surface area (Å²) in [6.07, 6.45) is 6.30. The summed E-state index contributed by atoms with van der Waals surface area (Å²) < 4.78 is 0. The second kappa shape index (κ2) is 3.60. The van der Waals surface area contributed by atoms with E-state index in [9.17, 15) is 0 Å². The number of hydrogen-bond acceptors (Lipinski definition) is 2. The van der Waals surface area contributed by atoms with Gasteiger partial charge in [0.15, 0.2) is 0 Å². The smallest absolute Gasteiger partial charge is 0.0404 e. The Bertz CT molecular complexity index is 303. The summed E-state index contributed by atoms with van der Waals surface area (Å²) in [4.78, 5) is 6.56. The van der Waals surface area contributed by atoms with Crippen LogP contribution in [0.4, 0.5) is 0 Å². The molecule has 1 aliphatic heterocycles. The number of aromatic nitrogens is 1. The summed E-state index contributed by atoms with van der Waals surface area (Å²) >= 11 is 0. The fourth-order valence-electron chi connectivity index (χ4n) is 1.41. The highest BCUT2D eigenvalue weighted by molar-refractivity contribution is 5.15. The van der Waals surface area contributed by atoms with Crippen molar-refractivity contribution in [3.05, 3.63) is 42.0 Å². The van der Waals surface area contributed by atoms with Crippen molar-refractivity contribution in [1.29, 1.82) is 0 Å². The first-order chi connectivity index (χ1) is 6.36. The first kappa shape index (κ1) is 8.30. The fraction of sp³-hybridized carbons (Fsp3) is 0.364. The van der Waals surface area contributed by atoms with E-state index in [1.54, 1.807) is 0 Å². The first-order valence-corrected chi connectivity index (χ1v) is 4.71. The molecule has 68 valence electrons. The van der Waals surface area contributed by atoms with Crippen molar-refractivity contribution < 1.29 is 0 Å². The van der Waals surface area contributed by atoms with Crippen molar-refractivity contribution in [3.63, 3.8) is 0 Å². The van der Waals surface area contributed by atoms with E-state index in [4.69, 9.17) is 0 Å². The average molecular weight is 174 g/mol. The van der Waals surface area contributed by atoms with Crippen LogP contribution in [-0.2, 0) is 6.42 Å². The topological polar surface area (TPSA) is 15.9 Å². The maximum atomic E-state index is 4.28. The maximum Gasteiger partial charge on any atom is 0.0404 e. The molecule has 0 N–H and O–H groups in total. The fourth-order valence-corrected chi connectivity index (χ4v) is 1.41. The molecule has 0 saturated carbocycles. The van der Waals surface area contributed by atoms with Gasteiger partial charge >= 0.3 is 0 Å². The zero-order chi connectivity index (χ0) is 9.10. The van der Waals surface area contributed by atoms with Crippen LogP contribution in [0.15, 0.2) is 36.3 Å². The molecule has 1 aromatic heterocycles. The molecule has 0 saturated heterocycles. The van der Waals surface area contributed by atoms with Gasteiger partial charge in [-0.1, -0.05) is 6.07 Å². The highest BCUT2D eigenvalue weighted by Gasteiger charge is 2.13. The molecule has 2 heterocycles. The molecule has 2 nitrogen and oxygen atoms in total. The number of aryl methyl sites for hydroxylation is 1. The number of nitrogens with zero attached hydrogens (tertiary/aromatic N) is 2. The van der Waals surface area contributed by atoms with Crippen LogP contribution < -0.4 is 0 Å². The second-order valence-electron chi connectivity index (χ2n) is 3.39. The van der Waals surface area contributed by atoms with E-state index >= 15 is 0 Å². The molecule has 0 aromatic carbocycles. The van der Waals surface area contributed by atoms with Gasteiger partial charge in [-0.25, -0.2) is 0 Å². The number of hydrogen-bond donors (Lipinski definition) is 0. The summed E-state index contributed by atoms with van der Waals surface area (Å²) in [5, 5.41) is 0. The largest absolute Gasteiger partial charge is 0.349 e. The molecule has 0 amide bonds. The lowest BCUT2D eigenvalue weighted by atomic mass is 10.2. The van der Waals surface area contributed by atoms with Gasteiger partial charge < -0.3 is 4.90 Å². The molecule has 0 radical (unpaired) electrons. The average Bonchev–Trinajstić information content (AvgIpc) is 2.84. The van der Waals surface area contributed by atoms with Crippen LogP contribution in [0, 0.1) is 0 Å². The summed E-state index contributed by atoms with van der Waals surface area (Å²) in [6.45, 7) is 3.28. The van der Waals surface area contributed by atoms with Gasteiger partial charge in [-0.3, -0.25) is 4.98 Å². The standard InChI is InChI=1S/C11H14N2/c1-10-9-13(10)8-4-6-11-5-2-3-7-12-11/h2-3,5,7,9H,4,6,8H2,1H3. The molecule has 0 atom stereocenters. The minimum absolute atomic E-state index is 1.08. The Balaban J connectivity index is 1.69. The molecule has 0 unspecified atom stereocenters. The lowest BCUT2D eigenvalue weighted by Gasteiger charge is -2.03. The first-order valence-electron chi connectivity index (χ1n) is 4.71. The number of pyridine rings is 1. The molecule has 2 heteroatoms. The van der Waals surface area contributed by atoms with Crippen LogP contribution in [0.3, 0.4) is 0 Å². The predicted molar refractivity (Wildman–Crippen MR) is 53.0 cm³/mol. The van der Waals surface area contributed by atoms with Crippen LogP contribution in [0.25, 0.3) is 0 Å². The molecule has 1 aromatic rings. The van der Waals surface area contributed by atoms with Gasteiger partial charge in [0.25, 0.3) is 0 Å². The Kier molecular flexibility index (Phi) is 2.30. The predicted octanol–water partition coefficient (Wildman–Crippen LogP) is 2.19. The van der Waals surface area contributed by atoms with E-state index in [0.717, 1.165) is 13.0 Å².